The summed E-state index contributed by atoms with van der Waals surface area (Å²) in [5.41, 5.74) is 6.49. The van der Waals surface area contributed by atoms with E-state index in [0.717, 1.165) is 42.0 Å². The van der Waals surface area contributed by atoms with E-state index in [4.69, 9.17) is 14.2 Å². The smallest absolute Gasteiger partial charge is 0.132 e. The molecule has 0 spiro atoms. The van der Waals surface area contributed by atoms with Gasteiger partial charge in [0.1, 0.15) is 23.6 Å². The van der Waals surface area contributed by atoms with Crippen LogP contribution in [0.1, 0.15) is 67.5 Å². The summed E-state index contributed by atoms with van der Waals surface area (Å²) >= 11 is 0. The van der Waals surface area contributed by atoms with Gasteiger partial charge in [-0.3, -0.25) is 0 Å². The quantitative estimate of drug-likeness (QED) is 0.309. The van der Waals surface area contributed by atoms with Crippen molar-refractivity contribution in [3.05, 3.63) is 94.5 Å². The molecular weight excluding hydrogens is 434 g/mol. The van der Waals surface area contributed by atoms with Crippen LogP contribution in [0.5, 0.6) is 5.75 Å². The van der Waals surface area contributed by atoms with Crippen molar-refractivity contribution in [1.82, 2.24) is 0 Å². The van der Waals surface area contributed by atoms with Crippen molar-refractivity contribution in [2.24, 2.45) is 0 Å². The lowest BCUT2D eigenvalue weighted by Crippen LogP contribution is -2.51. The molecule has 3 aromatic rings. The molecule has 1 heterocycles. The predicted octanol–water partition coefficient (Wildman–Crippen LogP) is 7.53. The number of hydrogen-bond donors (Lipinski definition) is 1. The lowest BCUT2D eigenvalue weighted by molar-refractivity contribution is -0.167. The minimum absolute atomic E-state index is 0.202. The van der Waals surface area contributed by atoms with Crippen LogP contribution in [0.25, 0.3) is 0 Å². The summed E-state index contributed by atoms with van der Waals surface area (Å²) in [5, 5.41) is 3.57. The van der Waals surface area contributed by atoms with E-state index in [9.17, 15) is 0 Å². The summed E-state index contributed by atoms with van der Waals surface area (Å²) in [7, 11) is 0. The van der Waals surface area contributed by atoms with Crippen LogP contribution in [0, 0.1) is 13.8 Å². The van der Waals surface area contributed by atoms with Crippen molar-refractivity contribution in [1.29, 1.82) is 0 Å². The highest BCUT2D eigenvalue weighted by atomic mass is 16.6. The highest BCUT2D eigenvalue weighted by Crippen LogP contribution is 2.44. The van der Waals surface area contributed by atoms with E-state index in [1.54, 1.807) is 0 Å². The van der Waals surface area contributed by atoms with Crippen molar-refractivity contribution in [3.63, 3.8) is 0 Å². The standard InChI is InChI=1S/C31H39NO3/c1-6-7-18-33-29-27-19-26(32-20-24-12-8-22(2)9-13-24)16-17-28(27)35-31(4,5)30(29)34-21-25-14-10-23(3)11-15-25/h8-17,19,29-30,32H,6-7,18,20-21H2,1-5H3. The van der Waals surface area contributed by atoms with Gasteiger partial charge in [-0.2, -0.15) is 0 Å². The lowest BCUT2D eigenvalue weighted by atomic mass is 9.87. The molecule has 1 aliphatic rings. The van der Waals surface area contributed by atoms with E-state index in [-0.39, 0.29) is 12.2 Å². The Balaban J connectivity index is 1.56. The molecule has 0 fully saturated rings. The minimum Gasteiger partial charge on any atom is -0.485 e. The fraction of sp³-hybridized carbons (Fsp3) is 0.419. The number of aryl methyl sites for hydroxylation is 2. The molecule has 0 saturated heterocycles. The number of rotatable bonds is 10. The molecule has 4 heteroatoms. The van der Waals surface area contributed by atoms with Gasteiger partial charge in [0.05, 0.1) is 6.61 Å². The number of hydrogen-bond acceptors (Lipinski definition) is 4. The Labute approximate surface area is 210 Å². The Morgan fingerprint density at radius 3 is 2.17 bits per heavy atom. The number of ether oxygens (including phenoxy) is 3. The molecule has 0 saturated carbocycles. The second-order valence-corrected chi connectivity index (χ2v) is 10.2. The first kappa shape index (κ1) is 25.3. The molecule has 1 N–H and O–H groups in total. The fourth-order valence-corrected chi connectivity index (χ4v) is 4.44. The molecule has 4 nitrogen and oxygen atoms in total. The van der Waals surface area contributed by atoms with Crippen LogP contribution in [-0.2, 0) is 22.6 Å². The molecule has 2 unspecified atom stereocenters. The largest absolute Gasteiger partial charge is 0.485 e. The number of anilines is 1. The van der Waals surface area contributed by atoms with Crippen molar-refractivity contribution in [2.75, 3.05) is 11.9 Å². The van der Waals surface area contributed by atoms with Crippen molar-refractivity contribution in [3.8, 4) is 5.75 Å². The van der Waals surface area contributed by atoms with Crippen molar-refractivity contribution in [2.45, 2.75) is 78.4 Å². The number of benzene rings is 3. The van der Waals surface area contributed by atoms with Crippen LogP contribution in [0.4, 0.5) is 5.69 Å². The zero-order valence-electron chi connectivity index (χ0n) is 21.8. The maximum atomic E-state index is 6.53. The van der Waals surface area contributed by atoms with Crippen molar-refractivity contribution < 1.29 is 14.2 Å². The highest BCUT2D eigenvalue weighted by Gasteiger charge is 2.45. The molecule has 35 heavy (non-hydrogen) atoms. The highest BCUT2D eigenvalue weighted by molar-refractivity contribution is 5.54. The maximum absolute atomic E-state index is 6.53. The van der Waals surface area contributed by atoms with Crippen LogP contribution >= 0.6 is 0 Å². The molecule has 0 aromatic heterocycles. The van der Waals surface area contributed by atoms with Crippen LogP contribution < -0.4 is 10.1 Å². The molecular formula is C31H39NO3. The minimum atomic E-state index is -0.522. The summed E-state index contributed by atoms with van der Waals surface area (Å²) in [6, 6.07) is 23.4. The zero-order chi connectivity index (χ0) is 24.8. The van der Waals surface area contributed by atoms with Gasteiger partial charge >= 0.3 is 0 Å². The maximum Gasteiger partial charge on any atom is 0.132 e. The van der Waals surface area contributed by atoms with Gasteiger partial charge in [-0.15, -0.1) is 0 Å². The summed E-state index contributed by atoms with van der Waals surface area (Å²) in [6.07, 6.45) is 1.67. The van der Waals surface area contributed by atoms with Gasteiger partial charge in [0.2, 0.25) is 0 Å². The van der Waals surface area contributed by atoms with Gasteiger partial charge in [0, 0.05) is 24.4 Å². The third-order valence-corrected chi connectivity index (χ3v) is 6.61. The Kier molecular flexibility index (Phi) is 8.15. The Morgan fingerprint density at radius 2 is 1.51 bits per heavy atom. The van der Waals surface area contributed by atoms with Crippen LogP contribution in [0.15, 0.2) is 66.7 Å². The molecule has 0 bridgehead atoms. The Bertz CT molecular complexity index is 1090. The van der Waals surface area contributed by atoms with E-state index >= 15 is 0 Å². The van der Waals surface area contributed by atoms with Gasteiger partial charge in [-0.05, 0) is 63.4 Å². The third-order valence-electron chi connectivity index (χ3n) is 6.61. The first-order valence-corrected chi connectivity index (χ1v) is 12.8. The molecule has 186 valence electrons. The topological polar surface area (TPSA) is 39.7 Å². The van der Waals surface area contributed by atoms with Gasteiger partial charge < -0.3 is 19.5 Å². The van der Waals surface area contributed by atoms with Crippen LogP contribution in [0.3, 0.4) is 0 Å². The predicted molar refractivity (Wildman–Crippen MR) is 143 cm³/mol. The second kappa shape index (κ2) is 11.3. The molecule has 2 atom stereocenters. The summed E-state index contributed by atoms with van der Waals surface area (Å²) < 4.78 is 19.5. The average molecular weight is 474 g/mol. The van der Waals surface area contributed by atoms with Gasteiger partial charge in [0.15, 0.2) is 0 Å². The Morgan fingerprint density at radius 1 is 0.857 bits per heavy atom. The number of fused-ring (bicyclic) bond motifs is 1. The van der Waals surface area contributed by atoms with E-state index in [1.807, 2.05) is 0 Å². The van der Waals surface area contributed by atoms with E-state index < -0.39 is 5.60 Å². The van der Waals surface area contributed by atoms with Crippen LogP contribution in [0.2, 0.25) is 0 Å². The van der Waals surface area contributed by atoms with Gasteiger partial charge in [-0.1, -0.05) is 73.0 Å². The molecule has 0 radical (unpaired) electrons. The normalized spacial score (nSPS) is 18.5. The second-order valence-electron chi connectivity index (χ2n) is 10.2. The molecule has 3 aromatic carbocycles. The SMILES string of the molecule is CCCCOC1c2cc(NCc3ccc(C)cc3)ccc2OC(C)(C)C1OCc1ccc(C)cc1. The lowest BCUT2D eigenvalue weighted by Gasteiger charge is -2.44. The van der Waals surface area contributed by atoms with Gasteiger partial charge in [-0.25, -0.2) is 0 Å². The summed E-state index contributed by atoms with van der Waals surface area (Å²) in [4.78, 5) is 0. The molecule has 4 rings (SSSR count). The van der Waals surface area contributed by atoms with Crippen molar-refractivity contribution >= 4 is 5.69 Å². The summed E-state index contributed by atoms with van der Waals surface area (Å²) in [5.74, 6) is 0.868. The van der Waals surface area contributed by atoms with E-state index in [2.05, 4.69) is 107 Å². The monoisotopic (exact) mass is 473 g/mol. The average Bonchev–Trinajstić information content (AvgIpc) is 2.84. The molecule has 1 aliphatic heterocycles. The molecule has 0 aliphatic carbocycles. The first-order chi connectivity index (χ1) is 16.9. The number of unbranched alkanes of at least 4 members (excludes halogenated alkanes) is 1. The van der Waals surface area contributed by atoms with Crippen LogP contribution in [-0.4, -0.2) is 18.3 Å². The number of nitrogens with one attached hydrogen (secondary N) is 1. The van der Waals surface area contributed by atoms with E-state index in [1.165, 1.54) is 16.7 Å². The third kappa shape index (κ3) is 6.45. The first-order valence-electron chi connectivity index (χ1n) is 12.8. The summed E-state index contributed by atoms with van der Waals surface area (Å²) in [6.45, 7) is 12.6. The van der Waals surface area contributed by atoms with E-state index in [0.29, 0.717) is 13.2 Å². The fourth-order valence-electron chi connectivity index (χ4n) is 4.44. The van der Waals surface area contributed by atoms with Gasteiger partial charge in [0.25, 0.3) is 0 Å². The zero-order valence-corrected chi connectivity index (χ0v) is 21.8. The molecule has 0 amide bonds. The Hall–Kier alpha value is -2.82.